The van der Waals surface area contributed by atoms with Crippen molar-refractivity contribution in [3.63, 3.8) is 0 Å². The molecule has 8 heteroatoms. The minimum Gasteiger partial charge on any atom is -0.493 e. The Labute approximate surface area is 158 Å². The maximum atomic E-state index is 12.4. The van der Waals surface area contributed by atoms with Gasteiger partial charge in [-0.15, -0.1) is 24.0 Å². The molecule has 0 aliphatic heterocycles. The normalized spacial score (nSPS) is 14.1. The first-order chi connectivity index (χ1) is 11.1. The van der Waals surface area contributed by atoms with E-state index in [1.807, 2.05) is 6.92 Å². The van der Waals surface area contributed by atoms with Gasteiger partial charge in [-0.2, -0.15) is 8.78 Å². The molecular weight excluding hydrogens is 431 g/mol. The van der Waals surface area contributed by atoms with Crippen LogP contribution in [0.1, 0.15) is 25.3 Å². The first-order valence-corrected chi connectivity index (χ1v) is 7.76. The van der Waals surface area contributed by atoms with Gasteiger partial charge in [0.05, 0.1) is 13.7 Å². The third kappa shape index (κ3) is 7.06. The van der Waals surface area contributed by atoms with Gasteiger partial charge in [0.2, 0.25) is 0 Å². The van der Waals surface area contributed by atoms with Gasteiger partial charge in [-0.25, -0.2) is 4.99 Å². The Morgan fingerprint density at radius 2 is 2.04 bits per heavy atom. The molecule has 5 nitrogen and oxygen atoms in total. The van der Waals surface area contributed by atoms with Gasteiger partial charge in [0, 0.05) is 13.1 Å². The van der Waals surface area contributed by atoms with Crippen LogP contribution in [0.2, 0.25) is 0 Å². The van der Waals surface area contributed by atoms with Crippen LogP contribution < -0.4 is 20.1 Å². The maximum Gasteiger partial charge on any atom is 0.387 e. The average molecular weight is 455 g/mol. The van der Waals surface area contributed by atoms with E-state index in [1.54, 1.807) is 12.1 Å². The topological polar surface area (TPSA) is 54.9 Å². The molecule has 1 saturated carbocycles. The molecule has 1 aliphatic carbocycles. The molecule has 0 bridgehead atoms. The third-order valence-electron chi connectivity index (χ3n) is 3.46. The van der Waals surface area contributed by atoms with E-state index >= 15 is 0 Å². The van der Waals surface area contributed by atoms with Crippen LogP contribution >= 0.6 is 24.0 Å². The summed E-state index contributed by atoms with van der Waals surface area (Å²) < 4.78 is 34.4. The summed E-state index contributed by atoms with van der Waals surface area (Å²) in [4.78, 5) is 4.47. The Morgan fingerprint density at radius 1 is 1.29 bits per heavy atom. The van der Waals surface area contributed by atoms with Crippen molar-refractivity contribution < 1.29 is 18.3 Å². The number of hydrogen-bond acceptors (Lipinski definition) is 3. The minimum atomic E-state index is -2.89. The Balaban J connectivity index is 0.00000288. The SMILES string of the molecule is CCNC(=NCc1ccc(OC)c(OC(F)F)c1)NCC1CC1.I. The lowest BCUT2D eigenvalue weighted by Gasteiger charge is -2.12. The van der Waals surface area contributed by atoms with Gasteiger partial charge in [-0.1, -0.05) is 6.07 Å². The summed E-state index contributed by atoms with van der Waals surface area (Å²) in [5, 5.41) is 6.45. The molecule has 0 radical (unpaired) electrons. The highest BCUT2D eigenvalue weighted by molar-refractivity contribution is 14.0. The molecule has 1 aromatic carbocycles. The Morgan fingerprint density at radius 3 is 2.62 bits per heavy atom. The summed E-state index contributed by atoms with van der Waals surface area (Å²) in [7, 11) is 1.41. The van der Waals surface area contributed by atoms with Crippen molar-refractivity contribution >= 4 is 29.9 Å². The molecule has 0 unspecified atom stereocenters. The Kier molecular flexibility index (Phi) is 9.09. The Bertz CT molecular complexity index is 540. The molecule has 1 aliphatic rings. The van der Waals surface area contributed by atoms with Gasteiger partial charge in [0.15, 0.2) is 17.5 Å². The van der Waals surface area contributed by atoms with E-state index in [0.717, 1.165) is 30.5 Å². The molecule has 1 fully saturated rings. The van der Waals surface area contributed by atoms with E-state index in [2.05, 4.69) is 20.4 Å². The molecule has 2 N–H and O–H groups in total. The lowest BCUT2D eigenvalue weighted by molar-refractivity contribution is -0.0512. The number of alkyl halides is 2. The zero-order chi connectivity index (χ0) is 16.7. The highest BCUT2D eigenvalue weighted by Gasteiger charge is 2.21. The van der Waals surface area contributed by atoms with Crippen molar-refractivity contribution in [3.05, 3.63) is 23.8 Å². The van der Waals surface area contributed by atoms with E-state index in [9.17, 15) is 8.78 Å². The third-order valence-corrected chi connectivity index (χ3v) is 3.46. The number of halogens is 3. The van der Waals surface area contributed by atoms with Gasteiger partial charge in [-0.3, -0.25) is 0 Å². The molecule has 2 rings (SSSR count). The van der Waals surface area contributed by atoms with Crippen LogP contribution in [0.5, 0.6) is 11.5 Å². The minimum absolute atomic E-state index is 0. The summed E-state index contributed by atoms with van der Waals surface area (Å²) in [5.74, 6) is 1.76. The van der Waals surface area contributed by atoms with E-state index in [-0.39, 0.29) is 35.5 Å². The largest absolute Gasteiger partial charge is 0.493 e. The smallest absolute Gasteiger partial charge is 0.387 e. The van der Waals surface area contributed by atoms with Crippen LogP contribution in [-0.2, 0) is 6.54 Å². The highest BCUT2D eigenvalue weighted by atomic mass is 127. The summed E-state index contributed by atoms with van der Waals surface area (Å²) in [6.07, 6.45) is 2.53. The predicted octanol–water partition coefficient (Wildman–Crippen LogP) is 3.38. The van der Waals surface area contributed by atoms with Crippen LogP contribution in [0, 0.1) is 5.92 Å². The zero-order valence-electron chi connectivity index (χ0n) is 13.9. The molecule has 0 amide bonds. The van der Waals surface area contributed by atoms with Crippen molar-refractivity contribution in [3.8, 4) is 11.5 Å². The van der Waals surface area contributed by atoms with Crippen molar-refractivity contribution in [2.24, 2.45) is 10.9 Å². The number of guanidine groups is 1. The fourth-order valence-corrected chi connectivity index (χ4v) is 2.08. The van der Waals surface area contributed by atoms with Crippen molar-refractivity contribution in [1.29, 1.82) is 0 Å². The zero-order valence-corrected chi connectivity index (χ0v) is 16.2. The predicted molar refractivity (Wildman–Crippen MR) is 101 cm³/mol. The molecule has 0 aromatic heterocycles. The van der Waals surface area contributed by atoms with E-state index in [4.69, 9.17) is 4.74 Å². The standard InChI is InChI=1S/C16H23F2N3O2.HI/c1-3-19-16(20-9-11-4-5-11)21-10-12-6-7-13(22-2)14(8-12)23-15(17)18;/h6-8,11,15H,3-5,9-10H2,1-2H3,(H2,19,20,21);1H. The number of hydrogen-bond donors (Lipinski definition) is 2. The molecule has 1 aromatic rings. The number of ether oxygens (including phenoxy) is 2. The van der Waals surface area contributed by atoms with Gasteiger partial charge >= 0.3 is 6.61 Å². The van der Waals surface area contributed by atoms with Crippen LogP contribution in [0.4, 0.5) is 8.78 Å². The number of nitrogens with one attached hydrogen (secondary N) is 2. The van der Waals surface area contributed by atoms with Crippen LogP contribution in [-0.4, -0.2) is 32.8 Å². The highest BCUT2D eigenvalue weighted by Crippen LogP contribution is 2.30. The van der Waals surface area contributed by atoms with E-state index < -0.39 is 6.61 Å². The molecule has 0 saturated heterocycles. The summed E-state index contributed by atoms with van der Waals surface area (Å²) in [6.45, 7) is 1.15. The Hall–Kier alpha value is -1.32. The van der Waals surface area contributed by atoms with Crippen molar-refractivity contribution in [2.75, 3.05) is 20.2 Å². The van der Waals surface area contributed by atoms with Gasteiger partial charge in [0.25, 0.3) is 0 Å². The lowest BCUT2D eigenvalue weighted by Crippen LogP contribution is -2.38. The summed E-state index contributed by atoms with van der Waals surface area (Å²) in [6, 6.07) is 4.91. The quantitative estimate of drug-likeness (QED) is 0.359. The molecule has 136 valence electrons. The second-order valence-electron chi connectivity index (χ2n) is 5.38. The van der Waals surface area contributed by atoms with Crippen LogP contribution in [0.25, 0.3) is 0 Å². The van der Waals surface area contributed by atoms with Crippen molar-refractivity contribution in [2.45, 2.75) is 32.9 Å². The first-order valence-electron chi connectivity index (χ1n) is 7.76. The van der Waals surface area contributed by atoms with Crippen LogP contribution in [0.3, 0.4) is 0 Å². The van der Waals surface area contributed by atoms with Gasteiger partial charge < -0.3 is 20.1 Å². The second kappa shape index (κ2) is 10.5. The first kappa shape index (κ1) is 20.7. The average Bonchev–Trinajstić information content (AvgIpc) is 3.34. The monoisotopic (exact) mass is 455 g/mol. The fourth-order valence-electron chi connectivity index (χ4n) is 2.08. The molecular formula is C16H24F2IN3O2. The van der Waals surface area contributed by atoms with E-state index in [0.29, 0.717) is 6.54 Å². The number of methoxy groups -OCH3 is 1. The molecule has 0 spiro atoms. The van der Waals surface area contributed by atoms with Gasteiger partial charge in [-0.05, 0) is 43.4 Å². The summed E-state index contributed by atoms with van der Waals surface area (Å²) in [5.41, 5.74) is 0.769. The van der Waals surface area contributed by atoms with Crippen LogP contribution in [0.15, 0.2) is 23.2 Å². The number of benzene rings is 1. The second-order valence-corrected chi connectivity index (χ2v) is 5.38. The van der Waals surface area contributed by atoms with E-state index in [1.165, 1.54) is 26.0 Å². The molecule has 0 heterocycles. The molecule has 0 atom stereocenters. The summed E-state index contributed by atoms with van der Waals surface area (Å²) >= 11 is 0. The fraction of sp³-hybridized carbons (Fsp3) is 0.562. The lowest BCUT2D eigenvalue weighted by atomic mass is 10.2. The van der Waals surface area contributed by atoms with Crippen molar-refractivity contribution in [1.82, 2.24) is 10.6 Å². The maximum absolute atomic E-state index is 12.4. The number of nitrogens with zero attached hydrogens (tertiary/aromatic N) is 1. The molecule has 24 heavy (non-hydrogen) atoms. The number of rotatable bonds is 8. The number of aliphatic imine (C=N–C) groups is 1. The van der Waals surface area contributed by atoms with Gasteiger partial charge in [0.1, 0.15) is 0 Å².